The maximum absolute atomic E-state index is 12.5. The summed E-state index contributed by atoms with van der Waals surface area (Å²) in [4.78, 5) is 12.5. The van der Waals surface area contributed by atoms with Crippen LogP contribution < -0.4 is 10.1 Å². The molecule has 0 spiro atoms. The Morgan fingerprint density at radius 2 is 1.93 bits per heavy atom. The number of carbonyl (C=O) groups excluding carboxylic acids is 1. The number of H-pyrrole nitrogens is 1. The van der Waals surface area contributed by atoms with Crippen molar-refractivity contribution in [3.8, 4) is 17.1 Å². The van der Waals surface area contributed by atoms with Crippen LogP contribution >= 0.6 is 23.8 Å². The summed E-state index contributed by atoms with van der Waals surface area (Å²) in [5.74, 6) is 1.18. The minimum Gasteiger partial charge on any atom is -0.497 e. The van der Waals surface area contributed by atoms with Gasteiger partial charge in [0.2, 0.25) is 5.91 Å². The van der Waals surface area contributed by atoms with Crippen LogP contribution in [0, 0.1) is 4.77 Å². The number of nitrogens with zero attached hydrogens (tertiary/aromatic N) is 2. The van der Waals surface area contributed by atoms with Crippen molar-refractivity contribution in [3.05, 3.63) is 63.9 Å². The van der Waals surface area contributed by atoms with E-state index in [1.54, 1.807) is 23.8 Å². The normalized spacial score (nSPS) is 11.8. The van der Waals surface area contributed by atoms with Crippen molar-refractivity contribution < 1.29 is 9.53 Å². The number of amides is 1. The molecular weight excluding hydrogens is 384 g/mol. The van der Waals surface area contributed by atoms with Gasteiger partial charge in [-0.25, -0.2) is 0 Å². The summed E-state index contributed by atoms with van der Waals surface area (Å²) >= 11 is 11.2. The van der Waals surface area contributed by atoms with Crippen LogP contribution in [-0.4, -0.2) is 27.8 Å². The lowest BCUT2D eigenvalue weighted by Crippen LogP contribution is -2.30. The van der Waals surface area contributed by atoms with Crippen LogP contribution in [0.1, 0.15) is 18.5 Å². The van der Waals surface area contributed by atoms with Gasteiger partial charge in [0.1, 0.15) is 12.3 Å². The lowest BCUT2D eigenvalue weighted by atomic mass is 10.1. The Kier molecular flexibility index (Phi) is 5.93. The highest BCUT2D eigenvalue weighted by molar-refractivity contribution is 7.71. The second kappa shape index (κ2) is 8.37. The van der Waals surface area contributed by atoms with Crippen LogP contribution in [0.15, 0.2) is 48.5 Å². The van der Waals surface area contributed by atoms with Gasteiger partial charge in [-0.3, -0.25) is 14.5 Å². The monoisotopic (exact) mass is 402 g/mol. The van der Waals surface area contributed by atoms with Gasteiger partial charge in [-0.05, 0) is 61.1 Å². The van der Waals surface area contributed by atoms with Crippen molar-refractivity contribution in [1.29, 1.82) is 0 Å². The number of ether oxygens (including phenoxy) is 1. The number of benzene rings is 2. The minimum absolute atomic E-state index is 0.0641. The van der Waals surface area contributed by atoms with Gasteiger partial charge in [0.05, 0.1) is 13.2 Å². The first-order valence-corrected chi connectivity index (χ1v) is 9.11. The Balaban J connectivity index is 1.75. The first-order chi connectivity index (χ1) is 13.0. The van der Waals surface area contributed by atoms with Gasteiger partial charge < -0.3 is 10.1 Å². The lowest BCUT2D eigenvalue weighted by molar-refractivity contribution is -0.122. The molecule has 0 aliphatic heterocycles. The molecule has 0 fully saturated rings. The van der Waals surface area contributed by atoms with Crippen LogP contribution in [-0.2, 0) is 11.3 Å². The van der Waals surface area contributed by atoms with Gasteiger partial charge in [0.15, 0.2) is 10.6 Å². The van der Waals surface area contributed by atoms with Gasteiger partial charge in [-0.1, -0.05) is 23.7 Å². The number of halogens is 1. The summed E-state index contributed by atoms with van der Waals surface area (Å²) in [6, 6.07) is 14.6. The number of aromatic nitrogens is 3. The van der Waals surface area contributed by atoms with E-state index in [-0.39, 0.29) is 18.5 Å². The molecule has 1 atom stereocenters. The van der Waals surface area contributed by atoms with Crippen molar-refractivity contribution in [2.45, 2.75) is 19.5 Å². The van der Waals surface area contributed by atoms with E-state index in [0.717, 1.165) is 16.9 Å². The fraction of sp³-hybridized carbons (Fsp3) is 0.211. The zero-order chi connectivity index (χ0) is 19.4. The van der Waals surface area contributed by atoms with Crippen molar-refractivity contribution in [2.75, 3.05) is 7.11 Å². The topological polar surface area (TPSA) is 71.9 Å². The van der Waals surface area contributed by atoms with E-state index in [0.29, 0.717) is 15.6 Å². The quantitative estimate of drug-likeness (QED) is 0.607. The molecule has 2 N–H and O–H groups in total. The molecule has 1 heterocycles. The Morgan fingerprint density at radius 1 is 1.26 bits per heavy atom. The molecule has 0 bridgehead atoms. The summed E-state index contributed by atoms with van der Waals surface area (Å²) < 4.78 is 7.22. The molecule has 1 amide bonds. The van der Waals surface area contributed by atoms with E-state index < -0.39 is 0 Å². The van der Waals surface area contributed by atoms with Crippen LogP contribution in [0.5, 0.6) is 5.75 Å². The highest BCUT2D eigenvalue weighted by atomic mass is 35.5. The third-order valence-electron chi connectivity index (χ3n) is 4.16. The van der Waals surface area contributed by atoms with Crippen LogP contribution in [0.2, 0.25) is 5.02 Å². The molecule has 1 aromatic heterocycles. The van der Waals surface area contributed by atoms with Crippen LogP contribution in [0.3, 0.4) is 0 Å². The van der Waals surface area contributed by atoms with Crippen molar-refractivity contribution >= 4 is 29.7 Å². The first-order valence-electron chi connectivity index (χ1n) is 8.32. The Bertz CT molecular complexity index is 980. The number of carbonyl (C=O) groups is 1. The van der Waals surface area contributed by atoms with Crippen molar-refractivity contribution in [3.63, 3.8) is 0 Å². The van der Waals surface area contributed by atoms with E-state index in [2.05, 4.69) is 15.5 Å². The highest BCUT2D eigenvalue weighted by Crippen LogP contribution is 2.21. The third-order valence-corrected chi connectivity index (χ3v) is 4.72. The molecule has 6 nitrogen and oxygen atoms in total. The number of methoxy groups -OCH3 is 1. The molecule has 0 saturated heterocycles. The summed E-state index contributed by atoms with van der Waals surface area (Å²) in [5.41, 5.74) is 1.81. The van der Waals surface area contributed by atoms with Gasteiger partial charge in [-0.2, -0.15) is 5.10 Å². The summed E-state index contributed by atoms with van der Waals surface area (Å²) in [5, 5.41) is 10.6. The van der Waals surface area contributed by atoms with Crippen LogP contribution in [0.25, 0.3) is 11.4 Å². The second-order valence-corrected chi connectivity index (χ2v) is 6.83. The fourth-order valence-electron chi connectivity index (χ4n) is 2.69. The second-order valence-electron chi connectivity index (χ2n) is 6.01. The van der Waals surface area contributed by atoms with Crippen molar-refractivity contribution in [2.24, 2.45) is 0 Å². The maximum Gasteiger partial charge on any atom is 0.240 e. The lowest BCUT2D eigenvalue weighted by Gasteiger charge is -2.15. The average Bonchev–Trinajstić information content (AvgIpc) is 3.02. The maximum atomic E-state index is 12.5. The molecule has 1 unspecified atom stereocenters. The van der Waals surface area contributed by atoms with Gasteiger partial charge >= 0.3 is 0 Å². The Hall–Kier alpha value is -2.64. The van der Waals surface area contributed by atoms with Gasteiger partial charge in [0.25, 0.3) is 0 Å². The first kappa shape index (κ1) is 19.1. The van der Waals surface area contributed by atoms with E-state index in [1.807, 2.05) is 43.3 Å². The summed E-state index contributed by atoms with van der Waals surface area (Å²) in [7, 11) is 1.61. The van der Waals surface area contributed by atoms with Crippen molar-refractivity contribution in [1.82, 2.24) is 20.1 Å². The zero-order valence-electron chi connectivity index (χ0n) is 14.9. The average molecular weight is 403 g/mol. The number of rotatable bonds is 6. The largest absolute Gasteiger partial charge is 0.497 e. The molecule has 0 saturated carbocycles. The van der Waals surface area contributed by atoms with Gasteiger partial charge in [0, 0.05) is 10.6 Å². The molecule has 0 aliphatic carbocycles. The van der Waals surface area contributed by atoms with Gasteiger partial charge in [-0.15, -0.1) is 0 Å². The third kappa shape index (κ3) is 4.56. The predicted molar refractivity (Wildman–Crippen MR) is 107 cm³/mol. The SMILES string of the molecule is COc1ccc(-c2n[nH]c(=S)n2CC(=O)NC(C)c2ccc(Cl)cc2)cc1. The molecule has 3 rings (SSSR count). The Labute approximate surface area is 167 Å². The molecular formula is C19H19ClN4O2S. The number of hydrogen-bond donors (Lipinski definition) is 2. The standard InChI is InChI=1S/C19H19ClN4O2S/c1-12(13-3-7-15(20)8-4-13)21-17(25)11-24-18(22-23-19(24)27)14-5-9-16(26-2)10-6-14/h3-10,12H,11H2,1-2H3,(H,21,25)(H,23,27). The highest BCUT2D eigenvalue weighted by Gasteiger charge is 2.15. The Morgan fingerprint density at radius 3 is 2.56 bits per heavy atom. The molecule has 3 aromatic rings. The van der Waals surface area contributed by atoms with E-state index in [4.69, 9.17) is 28.6 Å². The summed E-state index contributed by atoms with van der Waals surface area (Å²) in [6.45, 7) is 1.98. The number of aromatic amines is 1. The van der Waals surface area contributed by atoms with Crippen LogP contribution in [0.4, 0.5) is 0 Å². The number of nitrogens with one attached hydrogen (secondary N) is 2. The molecule has 8 heteroatoms. The molecule has 0 radical (unpaired) electrons. The molecule has 2 aromatic carbocycles. The molecule has 0 aliphatic rings. The minimum atomic E-state index is -0.162. The van der Waals surface area contributed by atoms with E-state index >= 15 is 0 Å². The molecule has 140 valence electrons. The summed E-state index contributed by atoms with van der Waals surface area (Å²) in [6.07, 6.45) is 0. The van der Waals surface area contributed by atoms with E-state index in [9.17, 15) is 4.79 Å². The fourth-order valence-corrected chi connectivity index (χ4v) is 3.01. The number of hydrogen-bond acceptors (Lipinski definition) is 4. The van der Waals surface area contributed by atoms with E-state index in [1.165, 1.54) is 0 Å². The smallest absolute Gasteiger partial charge is 0.240 e. The zero-order valence-corrected chi connectivity index (χ0v) is 16.5. The molecule has 27 heavy (non-hydrogen) atoms. The predicted octanol–water partition coefficient (Wildman–Crippen LogP) is 4.15.